The van der Waals surface area contributed by atoms with Crippen molar-refractivity contribution in [1.82, 2.24) is 5.43 Å². The summed E-state index contributed by atoms with van der Waals surface area (Å²) in [7, 11) is 0. The number of hydrogen-bond donors (Lipinski definition) is 2. The molecule has 0 aliphatic rings. The lowest BCUT2D eigenvalue weighted by atomic mass is 9.99. The SMILES string of the molecule is Cc1cc(C(Cc2ccc(Cl)cc2F)NN)c(C)o1. The van der Waals surface area contributed by atoms with Gasteiger partial charge in [0.2, 0.25) is 0 Å². The van der Waals surface area contributed by atoms with E-state index in [1.807, 2.05) is 19.9 Å². The van der Waals surface area contributed by atoms with Crippen LogP contribution >= 0.6 is 11.6 Å². The van der Waals surface area contributed by atoms with E-state index in [-0.39, 0.29) is 11.9 Å². The summed E-state index contributed by atoms with van der Waals surface area (Å²) in [6.07, 6.45) is 0.430. The molecule has 0 bridgehead atoms. The van der Waals surface area contributed by atoms with E-state index >= 15 is 0 Å². The van der Waals surface area contributed by atoms with Crippen LogP contribution in [-0.4, -0.2) is 0 Å². The van der Waals surface area contributed by atoms with Crippen molar-refractivity contribution in [3.63, 3.8) is 0 Å². The average molecular weight is 283 g/mol. The monoisotopic (exact) mass is 282 g/mol. The maximum atomic E-state index is 13.8. The number of benzene rings is 1. The smallest absolute Gasteiger partial charge is 0.127 e. The molecule has 1 aromatic heterocycles. The van der Waals surface area contributed by atoms with Crippen molar-refractivity contribution in [3.05, 3.63) is 57.8 Å². The lowest BCUT2D eigenvalue weighted by molar-refractivity contribution is 0.481. The van der Waals surface area contributed by atoms with E-state index in [9.17, 15) is 4.39 Å². The topological polar surface area (TPSA) is 51.2 Å². The fourth-order valence-electron chi connectivity index (χ4n) is 2.16. The standard InChI is InChI=1S/C14H16ClFN2O/c1-8-5-12(9(2)19-8)14(18-17)6-10-3-4-11(15)7-13(10)16/h3-5,7,14,18H,6,17H2,1-2H3. The number of aryl methyl sites for hydroxylation is 2. The molecular weight excluding hydrogens is 267 g/mol. The minimum absolute atomic E-state index is 0.201. The number of nitrogens with one attached hydrogen (secondary N) is 1. The molecule has 0 saturated heterocycles. The summed E-state index contributed by atoms with van der Waals surface area (Å²) < 4.78 is 19.3. The van der Waals surface area contributed by atoms with Crippen molar-refractivity contribution < 1.29 is 8.81 Å². The first-order chi connectivity index (χ1) is 9.01. The third kappa shape index (κ3) is 3.15. The van der Waals surface area contributed by atoms with Crippen molar-refractivity contribution in [3.8, 4) is 0 Å². The highest BCUT2D eigenvalue weighted by Crippen LogP contribution is 2.26. The van der Waals surface area contributed by atoms with Crippen LogP contribution in [0.2, 0.25) is 5.02 Å². The number of nitrogens with two attached hydrogens (primary N) is 1. The summed E-state index contributed by atoms with van der Waals surface area (Å²) >= 11 is 5.74. The molecule has 0 saturated carbocycles. The van der Waals surface area contributed by atoms with Gasteiger partial charge in [0, 0.05) is 10.6 Å². The van der Waals surface area contributed by atoms with Crippen molar-refractivity contribution in [1.29, 1.82) is 0 Å². The van der Waals surface area contributed by atoms with Crippen molar-refractivity contribution >= 4 is 11.6 Å². The van der Waals surface area contributed by atoms with Gasteiger partial charge in [0.05, 0.1) is 6.04 Å². The van der Waals surface area contributed by atoms with Crippen LogP contribution in [0.1, 0.15) is 28.7 Å². The van der Waals surface area contributed by atoms with Gasteiger partial charge in [0.1, 0.15) is 17.3 Å². The van der Waals surface area contributed by atoms with Gasteiger partial charge >= 0.3 is 0 Å². The first-order valence-electron chi connectivity index (χ1n) is 5.98. The molecule has 19 heavy (non-hydrogen) atoms. The van der Waals surface area contributed by atoms with Gasteiger partial charge in [-0.05, 0) is 44.0 Å². The van der Waals surface area contributed by atoms with Gasteiger partial charge in [-0.1, -0.05) is 17.7 Å². The molecule has 3 nitrogen and oxygen atoms in total. The molecule has 1 unspecified atom stereocenters. The van der Waals surface area contributed by atoms with E-state index in [0.717, 1.165) is 17.1 Å². The van der Waals surface area contributed by atoms with Crippen LogP contribution in [-0.2, 0) is 6.42 Å². The Kier molecular flexibility index (Phi) is 4.24. The lowest BCUT2D eigenvalue weighted by Crippen LogP contribution is -2.30. The lowest BCUT2D eigenvalue weighted by Gasteiger charge is -2.15. The number of furan rings is 1. The van der Waals surface area contributed by atoms with Crippen LogP contribution < -0.4 is 11.3 Å². The molecule has 3 N–H and O–H groups in total. The summed E-state index contributed by atoms with van der Waals surface area (Å²) in [4.78, 5) is 0. The van der Waals surface area contributed by atoms with Crippen molar-refractivity contribution in [2.45, 2.75) is 26.3 Å². The first-order valence-corrected chi connectivity index (χ1v) is 6.36. The maximum absolute atomic E-state index is 13.8. The van der Waals surface area contributed by atoms with Gasteiger partial charge in [0.25, 0.3) is 0 Å². The molecule has 1 heterocycles. The molecule has 5 heteroatoms. The van der Waals surface area contributed by atoms with Gasteiger partial charge in [-0.3, -0.25) is 11.3 Å². The quantitative estimate of drug-likeness (QED) is 0.667. The number of halogens is 2. The Balaban J connectivity index is 2.26. The fourth-order valence-corrected chi connectivity index (χ4v) is 2.32. The Morgan fingerprint density at radius 2 is 2.11 bits per heavy atom. The average Bonchev–Trinajstić information content (AvgIpc) is 2.68. The van der Waals surface area contributed by atoms with Gasteiger partial charge in [-0.2, -0.15) is 0 Å². The minimum Gasteiger partial charge on any atom is -0.466 e. The molecule has 2 rings (SSSR count). The molecular formula is C14H16ClFN2O. The zero-order valence-electron chi connectivity index (χ0n) is 10.8. The first kappa shape index (κ1) is 14.1. The Hall–Kier alpha value is -1.36. The Labute approximate surface area is 116 Å². The van der Waals surface area contributed by atoms with Crippen LogP contribution in [0.5, 0.6) is 0 Å². The number of hydrogen-bond acceptors (Lipinski definition) is 3. The van der Waals surface area contributed by atoms with Crippen LogP contribution in [0, 0.1) is 19.7 Å². The van der Waals surface area contributed by atoms with Gasteiger partial charge in [-0.15, -0.1) is 0 Å². The molecule has 102 valence electrons. The summed E-state index contributed by atoms with van der Waals surface area (Å²) in [5, 5.41) is 0.383. The van der Waals surface area contributed by atoms with Gasteiger partial charge < -0.3 is 4.42 Å². The summed E-state index contributed by atoms with van der Waals surface area (Å²) in [5.41, 5.74) is 4.20. The van der Waals surface area contributed by atoms with Crippen LogP contribution in [0.4, 0.5) is 4.39 Å². The highest BCUT2D eigenvalue weighted by Gasteiger charge is 2.18. The summed E-state index contributed by atoms with van der Waals surface area (Å²) in [5.74, 6) is 6.84. The van der Waals surface area contributed by atoms with E-state index in [0.29, 0.717) is 17.0 Å². The number of rotatable bonds is 4. The molecule has 0 amide bonds. The third-order valence-electron chi connectivity index (χ3n) is 3.10. The predicted octanol–water partition coefficient (Wildman–Crippen LogP) is 3.44. The fraction of sp³-hybridized carbons (Fsp3) is 0.286. The summed E-state index contributed by atoms with van der Waals surface area (Å²) in [6, 6.07) is 6.35. The molecule has 0 aliphatic heterocycles. The van der Waals surface area contributed by atoms with Gasteiger partial charge in [0.15, 0.2) is 0 Å². The number of hydrazine groups is 1. The van der Waals surface area contributed by atoms with E-state index in [4.69, 9.17) is 21.9 Å². The van der Waals surface area contributed by atoms with Crippen LogP contribution in [0.3, 0.4) is 0 Å². The van der Waals surface area contributed by atoms with E-state index < -0.39 is 0 Å². The molecule has 0 spiro atoms. The molecule has 1 aromatic carbocycles. The van der Waals surface area contributed by atoms with E-state index in [1.165, 1.54) is 6.07 Å². The zero-order valence-corrected chi connectivity index (χ0v) is 11.6. The molecule has 1 atom stereocenters. The van der Waals surface area contributed by atoms with Crippen molar-refractivity contribution in [2.24, 2.45) is 5.84 Å². The zero-order chi connectivity index (χ0) is 14.0. The van der Waals surface area contributed by atoms with Crippen LogP contribution in [0.15, 0.2) is 28.7 Å². The largest absolute Gasteiger partial charge is 0.466 e. The maximum Gasteiger partial charge on any atom is 0.127 e. The predicted molar refractivity (Wildman–Crippen MR) is 73.4 cm³/mol. The molecule has 0 radical (unpaired) electrons. The summed E-state index contributed by atoms with van der Waals surface area (Å²) in [6.45, 7) is 3.73. The highest BCUT2D eigenvalue weighted by molar-refractivity contribution is 6.30. The Bertz CT molecular complexity index is 583. The second-order valence-electron chi connectivity index (χ2n) is 4.53. The minimum atomic E-state index is -0.328. The normalized spacial score (nSPS) is 12.7. The molecule has 2 aromatic rings. The van der Waals surface area contributed by atoms with E-state index in [2.05, 4.69) is 5.43 Å². The Morgan fingerprint density at radius 1 is 1.37 bits per heavy atom. The van der Waals surface area contributed by atoms with Crippen molar-refractivity contribution in [2.75, 3.05) is 0 Å². The molecule has 0 aliphatic carbocycles. The second kappa shape index (κ2) is 5.74. The van der Waals surface area contributed by atoms with E-state index in [1.54, 1.807) is 12.1 Å². The van der Waals surface area contributed by atoms with Crippen LogP contribution in [0.25, 0.3) is 0 Å². The highest BCUT2D eigenvalue weighted by atomic mass is 35.5. The van der Waals surface area contributed by atoms with Gasteiger partial charge in [-0.25, -0.2) is 4.39 Å². The Morgan fingerprint density at radius 3 is 2.63 bits per heavy atom. The molecule has 0 fully saturated rings. The second-order valence-corrected chi connectivity index (χ2v) is 4.96. The third-order valence-corrected chi connectivity index (χ3v) is 3.33.